The van der Waals surface area contributed by atoms with Crippen molar-refractivity contribution in [1.29, 1.82) is 0 Å². The number of hydrogen-bond donors (Lipinski definition) is 2. The largest absolute Gasteiger partial charge is 0.388 e. The molecular weight excluding hydrogens is 250 g/mol. The molecule has 20 heavy (non-hydrogen) atoms. The summed E-state index contributed by atoms with van der Waals surface area (Å²) in [6.07, 6.45) is 8.10. The lowest BCUT2D eigenvalue weighted by Crippen LogP contribution is -2.41. The number of hydrogen-bond acceptors (Lipinski definition) is 3. The molecule has 118 valence electrons. The van der Waals surface area contributed by atoms with Gasteiger partial charge in [0.05, 0.1) is 11.7 Å². The third-order valence-corrected chi connectivity index (χ3v) is 5.44. The highest BCUT2D eigenvalue weighted by molar-refractivity contribution is 4.93. The lowest BCUT2D eigenvalue weighted by molar-refractivity contribution is -0.0447. The Balaban J connectivity index is 1.76. The SMILES string of the molecule is CC1CC(OCCC2CCCC2(O)CN)CC(C)(C)C1. The quantitative estimate of drug-likeness (QED) is 0.815. The Morgan fingerprint density at radius 3 is 2.70 bits per heavy atom. The van der Waals surface area contributed by atoms with Crippen molar-refractivity contribution in [3.63, 3.8) is 0 Å². The molecule has 0 heterocycles. The third kappa shape index (κ3) is 3.96. The Labute approximate surface area is 124 Å². The van der Waals surface area contributed by atoms with Crippen molar-refractivity contribution in [2.45, 2.75) is 77.4 Å². The van der Waals surface area contributed by atoms with Crippen LogP contribution in [-0.4, -0.2) is 30.0 Å². The van der Waals surface area contributed by atoms with Gasteiger partial charge >= 0.3 is 0 Å². The molecule has 4 atom stereocenters. The van der Waals surface area contributed by atoms with E-state index in [9.17, 15) is 5.11 Å². The van der Waals surface area contributed by atoms with Crippen molar-refractivity contribution in [3.05, 3.63) is 0 Å². The van der Waals surface area contributed by atoms with E-state index >= 15 is 0 Å². The zero-order valence-corrected chi connectivity index (χ0v) is 13.5. The zero-order valence-electron chi connectivity index (χ0n) is 13.5. The summed E-state index contributed by atoms with van der Waals surface area (Å²) in [6, 6.07) is 0. The van der Waals surface area contributed by atoms with E-state index < -0.39 is 5.60 Å². The molecule has 2 aliphatic rings. The van der Waals surface area contributed by atoms with Gasteiger partial charge in [0.15, 0.2) is 0 Å². The third-order valence-electron chi connectivity index (χ3n) is 5.44. The molecule has 3 heteroatoms. The summed E-state index contributed by atoms with van der Waals surface area (Å²) < 4.78 is 6.14. The van der Waals surface area contributed by atoms with Gasteiger partial charge < -0.3 is 15.6 Å². The monoisotopic (exact) mass is 283 g/mol. The summed E-state index contributed by atoms with van der Waals surface area (Å²) in [5, 5.41) is 10.4. The van der Waals surface area contributed by atoms with Crippen LogP contribution in [0.3, 0.4) is 0 Å². The van der Waals surface area contributed by atoms with Crippen molar-refractivity contribution in [2.24, 2.45) is 23.0 Å². The van der Waals surface area contributed by atoms with E-state index in [0.717, 1.165) is 38.2 Å². The first-order valence-corrected chi connectivity index (χ1v) is 8.39. The fraction of sp³-hybridized carbons (Fsp3) is 1.00. The van der Waals surface area contributed by atoms with Gasteiger partial charge in [-0.1, -0.05) is 27.2 Å². The minimum atomic E-state index is -0.623. The highest BCUT2D eigenvalue weighted by atomic mass is 16.5. The van der Waals surface area contributed by atoms with Gasteiger partial charge in [0.1, 0.15) is 0 Å². The molecule has 2 saturated carbocycles. The van der Waals surface area contributed by atoms with E-state index in [-0.39, 0.29) is 0 Å². The summed E-state index contributed by atoms with van der Waals surface area (Å²) in [5.74, 6) is 1.10. The highest BCUT2D eigenvalue weighted by Crippen LogP contribution is 2.40. The van der Waals surface area contributed by atoms with Gasteiger partial charge in [0.25, 0.3) is 0 Å². The maximum Gasteiger partial charge on any atom is 0.0798 e. The van der Waals surface area contributed by atoms with Gasteiger partial charge in [0.2, 0.25) is 0 Å². The van der Waals surface area contributed by atoms with E-state index in [4.69, 9.17) is 10.5 Å². The van der Waals surface area contributed by atoms with Crippen LogP contribution in [0.4, 0.5) is 0 Å². The molecule has 0 aromatic heterocycles. The summed E-state index contributed by atoms with van der Waals surface area (Å²) in [7, 11) is 0. The molecule has 3 nitrogen and oxygen atoms in total. The summed E-state index contributed by atoms with van der Waals surface area (Å²) in [5.41, 5.74) is 5.52. The molecule has 0 spiro atoms. The van der Waals surface area contributed by atoms with Crippen molar-refractivity contribution in [3.8, 4) is 0 Å². The molecule has 2 fully saturated rings. The standard InChI is InChI=1S/C17H33NO2/c1-13-9-15(11-16(2,3)10-13)20-8-6-14-5-4-7-17(14,19)12-18/h13-15,19H,4-12,18H2,1-3H3. The summed E-state index contributed by atoms with van der Waals surface area (Å²) >= 11 is 0. The van der Waals surface area contributed by atoms with E-state index in [2.05, 4.69) is 20.8 Å². The normalized spacial score (nSPS) is 41.0. The Kier molecular flexibility index (Phi) is 5.14. The lowest BCUT2D eigenvalue weighted by Gasteiger charge is -2.39. The molecule has 0 aromatic carbocycles. The fourth-order valence-corrected chi connectivity index (χ4v) is 4.57. The van der Waals surface area contributed by atoms with Crippen LogP contribution in [-0.2, 0) is 4.74 Å². The molecular formula is C17H33NO2. The Bertz CT molecular complexity index is 318. The van der Waals surface area contributed by atoms with E-state index in [0.29, 0.717) is 24.0 Å². The van der Waals surface area contributed by atoms with Crippen LogP contribution in [0.25, 0.3) is 0 Å². The molecule has 0 amide bonds. The van der Waals surface area contributed by atoms with Crippen molar-refractivity contribution in [1.82, 2.24) is 0 Å². The molecule has 0 bridgehead atoms. The van der Waals surface area contributed by atoms with Gasteiger partial charge in [-0.25, -0.2) is 0 Å². The topological polar surface area (TPSA) is 55.5 Å². The first-order valence-electron chi connectivity index (χ1n) is 8.39. The Morgan fingerprint density at radius 2 is 2.05 bits per heavy atom. The predicted octanol–water partition coefficient (Wildman–Crippen LogP) is 3.10. The van der Waals surface area contributed by atoms with Gasteiger partial charge in [-0.05, 0) is 55.8 Å². The summed E-state index contributed by atoms with van der Waals surface area (Å²) in [4.78, 5) is 0. The molecule has 0 radical (unpaired) electrons. The van der Waals surface area contributed by atoms with E-state index in [1.807, 2.05) is 0 Å². The van der Waals surface area contributed by atoms with Gasteiger partial charge in [-0.2, -0.15) is 0 Å². The van der Waals surface area contributed by atoms with Crippen molar-refractivity contribution < 1.29 is 9.84 Å². The lowest BCUT2D eigenvalue weighted by atomic mass is 9.71. The fourth-order valence-electron chi connectivity index (χ4n) is 4.57. The average Bonchev–Trinajstić information content (AvgIpc) is 2.69. The second-order valence-electron chi connectivity index (χ2n) is 8.09. The Morgan fingerprint density at radius 1 is 1.30 bits per heavy atom. The first-order chi connectivity index (χ1) is 9.35. The number of aliphatic hydroxyl groups is 1. The molecule has 4 unspecified atom stereocenters. The van der Waals surface area contributed by atoms with Crippen LogP contribution in [0.2, 0.25) is 0 Å². The minimum absolute atomic E-state index is 0.335. The minimum Gasteiger partial charge on any atom is -0.388 e. The highest BCUT2D eigenvalue weighted by Gasteiger charge is 2.39. The van der Waals surface area contributed by atoms with Gasteiger partial charge in [-0.3, -0.25) is 0 Å². The smallest absolute Gasteiger partial charge is 0.0798 e. The second-order valence-corrected chi connectivity index (χ2v) is 8.09. The van der Waals surface area contributed by atoms with Crippen LogP contribution in [0.15, 0.2) is 0 Å². The van der Waals surface area contributed by atoms with E-state index in [1.165, 1.54) is 19.3 Å². The van der Waals surface area contributed by atoms with Crippen LogP contribution in [0.5, 0.6) is 0 Å². The molecule has 2 rings (SSSR count). The molecule has 0 saturated heterocycles. The molecule has 3 N–H and O–H groups in total. The molecule has 2 aliphatic carbocycles. The van der Waals surface area contributed by atoms with Gasteiger partial charge in [-0.15, -0.1) is 0 Å². The number of ether oxygens (including phenoxy) is 1. The predicted molar refractivity (Wildman–Crippen MR) is 82.5 cm³/mol. The average molecular weight is 283 g/mol. The number of rotatable bonds is 5. The van der Waals surface area contributed by atoms with Crippen molar-refractivity contribution in [2.75, 3.05) is 13.2 Å². The van der Waals surface area contributed by atoms with Gasteiger partial charge in [0, 0.05) is 13.2 Å². The molecule has 0 aliphatic heterocycles. The Hall–Kier alpha value is -0.120. The first kappa shape index (κ1) is 16.3. The van der Waals surface area contributed by atoms with Crippen LogP contribution < -0.4 is 5.73 Å². The maximum atomic E-state index is 10.4. The zero-order chi connectivity index (χ0) is 14.8. The maximum absolute atomic E-state index is 10.4. The van der Waals surface area contributed by atoms with Crippen LogP contribution >= 0.6 is 0 Å². The number of nitrogens with two attached hydrogens (primary N) is 1. The van der Waals surface area contributed by atoms with E-state index in [1.54, 1.807) is 0 Å². The summed E-state index contributed by atoms with van der Waals surface area (Å²) in [6.45, 7) is 8.21. The van der Waals surface area contributed by atoms with Crippen LogP contribution in [0.1, 0.15) is 65.7 Å². The second kappa shape index (κ2) is 6.33. The van der Waals surface area contributed by atoms with Crippen LogP contribution in [0, 0.1) is 17.3 Å². The van der Waals surface area contributed by atoms with Crippen molar-refractivity contribution >= 4 is 0 Å². The molecule has 0 aromatic rings.